The number of hydrogen-bond donors (Lipinski definition) is 2. The van der Waals surface area contributed by atoms with Crippen molar-refractivity contribution >= 4 is 62.8 Å². The van der Waals surface area contributed by atoms with Gasteiger partial charge in [0, 0.05) is 16.6 Å². The summed E-state index contributed by atoms with van der Waals surface area (Å²) in [6.07, 6.45) is 0. The fourth-order valence-corrected chi connectivity index (χ4v) is 5.15. The summed E-state index contributed by atoms with van der Waals surface area (Å²) in [5.74, 6) is -3.48. The normalized spacial score (nSPS) is 17.3. The van der Waals surface area contributed by atoms with Gasteiger partial charge in [0.2, 0.25) is 11.8 Å². The number of aryl methyl sites for hydroxylation is 1. The maximum Gasteiger partial charge on any atom is 0.319 e. The molecule has 0 aromatic heterocycles. The van der Waals surface area contributed by atoms with Crippen molar-refractivity contribution in [2.75, 3.05) is 25.3 Å². The molecule has 0 fully saturated rings. The molecule has 0 unspecified atom stereocenters. The summed E-state index contributed by atoms with van der Waals surface area (Å²) in [6.45, 7) is 1.85. The minimum absolute atomic E-state index is 0.0891. The number of thioether (sulfide) groups is 1. The van der Waals surface area contributed by atoms with E-state index in [9.17, 15) is 19.6 Å². The van der Waals surface area contributed by atoms with Crippen molar-refractivity contribution in [3.8, 4) is 11.8 Å². The summed E-state index contributed by atoms with van der Waals surface area (Å²) in [6, 6.07) is 12.3. The lowest BCUT2D eigenvalue weighted by atomic mass is 9.78. The van der Waals surface area contributed by atoms with Crippen LogP contribution in [0, 0.1) is 24.2 Å². The molecule has 1 aliphatic rings. The second-order valence-corrected chi connectivity index (χ2v) is 9.76. The maximum absolute atomic E-state index is 12.9. The molecule has 2 N–H and O–H groups in total. The van der Waals surface area contributed by atoms with E-state index in [1.807, 2.05) is 6.92 Å². The molecule has 8 nitrogen and oxygen atoms in total. The highest BCUT2D eigenvalue weighted by Crippen LogP contribution is 2.42. The molecule has 0 spiro atoms. The van der Waals surface area contributed by atoms with Gasteiger partial charge in [-0.3, -0.25) is 14.4 Å². The Morgan fingerprint density at radius 2 is 2.00 bits per heavy atom. The van der Waals surface area contributed by atoms with Crippen LogP contribution in [0.3, 0.4) is 0 Å². The molecule has 2 amide bonds. The molecule has 0 saturated heterocycles. The number of rotatable bonds is 7. The van der Waals surface area contributed by atoms with Gasteiger partial charge in [-0.1, -0.05) is 35.5 Å². The zero-order valence-electron chi connectivity index (χ0n) is 19.0. The average molecular weight is 579 g/mol. The zero-order chi connectivity index (χ0) is 25.7. The summed E-state index contributed by atoms with van der Waals surface area (Å²) in [7, 11) is 2.69. The third-order valence-corrected chi connectivity index (χ3v) is 7.37. The minimum Gasteiger partial charge on any atom is -0.496 e. The number of nitriles is 1. The third-order valence-electron chi connectivity index (χ3n) is 5.32. The van der Waals surface area contributed by atoms with E-state index in [0.29, 0.717) is 26.5 Å². The van der Waals surface area contributed by atoms with Crippen LogP contribution in [0.5, 0.6) is 5.75 Å². The Balaban J connectivity index is 1.91. The fourth-order valence-electron chi connectivity index (χ4n) is 3.56. The summed E-state index contributed by atoms with van der Waals surface area (Å²) in [5.41, 5.74) is 2.09. The van der Waals surface area contributed by atoms with Crippen LogP contribution >= 0.6 is 39.3 Å². The van der Waals surface area contributed by atoms with E-state index in [1.54, 1.807) is 36.4 Å². The number of carbonyl (C=O) groups is 3. The Hall–Kier alpha value is -3.00. The summed E-state index contributed by atoms with van der Waals surface area (Å²) >= 11 is 10.5. The number of anilines is 1. The number of methoxy groups -OCH3 is 2. The molecule has 2 atom stereocenters. The summed E-state index contributed by atoms with van der Waals surface area (Å²) in [5, 5.41) is 16.1. The van der Waals surface area contributed by atoms with Crippen molar-refractivity contribution < 1.29 is 23.9 Å². The highest BCUT2D eigenvalue weighted by Gasteiger charge is 2.44. The molecule has 2 aromatic carbocycles. The molecular weight excluding hydrogens is 558 g/mol. The van der Waals surface area contributed by atoms with Gasteiger partial charge in [0.25, 0.3) is 0 Å². The Morgan fingerprint density at radius 1 is 1.26 bits per heavy atom. The number of hydrogen-bond acceptors (Lipinski definition) is 7. The zero-order valence-corrected chi connectivity index (χ0v) is 22.1. The number of nitrogens with zero attached hydrogens (tertiary/aromatic N) is 1. The van der Waals surface area contributed by atoms with Crippen molar-refractivity contribution in [3.05, 3.63) is 67.6 Å². The molecule has 3 rings (SSSR count). The van der Waals surface area contributed by atoms with Gasteiger partial charge < -0.3 is 20.1 Å². The number of nitrogens with one attached hydrogen (secondary N) is 2. The summed E-state index contributed by atoms with van der Waals surface area (Å²) < 4.78 is 10.7. The van der Waals surface area contributed by atoms with Crippen LogP contribution in [-0.4, -0.2) is 37.8 Å². The van der Waals surface area contributed by atoms with Crippen LogP contribution in [-0.2, 0) is 19.1 Å². The van der Waals surface area contributed by atoms with E-state index < -0.39 is 23.7 Å². The van der Waals surface area contributed by atoms with E-state index in [2.05, 4.69) is 32.6 Å². The second kappa shape index (κ2) is 11.6. The number of carbonyl (C=O) groups excluding carboxylic acids is 3. The van der Waals surface area contributed by atoms with E-state index in [1.165, 1.54) is 14.2 Å². The monoisotopic (exact) mass is 577 g/mol. The first-order valence-electron chi connectivity index (χ1n) is 10.2. The Bertz CT molecular complexity index is 1260. The molecule has 0 radical (unpaired) electrons. The van der Waals surface area contributed by atoms with Crippen LogP contribution in [0.2, 0.25) is 5.02 Å². The maximum atomic E-state index is 12.9. The first-order valence-corrected chi connectivity index (χ1v) is 12.4. The molecular formula is C24H21BrClN3O5S. The molecule has 2 aromatic rings. The quantitative estimate of drug-likeness (QED) is 0.366. The standard InChI is InChI=1S/C24H21BrClN3O5S/c1-12-4-6-14(9-17(12)26)28-19(30)11-35-23-15(10-27)20(21(22(31)29-23)24(32)34-3)13-5-7-18(33-2)16(25)8-13/h4-9,20-21H,11H2,1-3H3,(H,28,30)(H,29,31)/t20-,21-/m1/s1. The van der Waals surface area contributed by atoms with Gasteiger partial charge in [0.1, 0.15) is 11.7 Å². The smallest absolute Gasteiger partial charge is 0.319 e. The Morgan fingerprint density at radius 3 is 2.60 bits per heavy atom. The van der Waals surface area contributed by atoms with Gasteiger partial charge in [-0.2, -0.15) is 5.26 Å². The lowest BCUT2D eigenvalue weighted by Crippen LogP contribution is -2.44. The third kappa shape index (κ3) is 5.99. The SMILES string of the molecule is COC(=O)[C@H]1C(=O)NC(SCC(=O)Nc2ccc(C)c(Cl)c2)=C(C#N)[C@H]1c1ccc(OC)c(Br)c1. The van der Waals surface area contributed by atoms with E-state index in [0.717, 1.165) is 17.3 Å². The van der Waals surface area contributed by atoms with Gasteiger partial charge in [0.15, 0.2) is 0 Å². The van der Waals surface area contributed by atoms with Gasteiger partial charge in [-0.05, 0) is 58.2 Å². The number of esters is 1. The predicted molar refractivity (Wildman–Crippen MR) is 137 cm³/mol. The number of ether oxygens (including phenoxy) is 2. The van der Waals surface area contributed by atoms with Crippen LogP contribution in [0.25, 0.3) is 0 Å². The molecule has 1 heterocycles. The van der Waals surface area contributed by atoms with Crippen molar-refractivity contribution in [2.24, 2.45) is 5.92 Å². The molecule has 0 bridgehead atoms. The average Bonchev–Trinajstić information content (AvgIpc) is 2.84. The summed E-state index contributed by atoms with van der Waals surface area (Å²) in [4.78, 5) is 38.0. The molecule has 35 heavy (non-hydrogen) atoms. The van der Waals surface area contributed by atoms with Gasteiger partial charge in [-0.15, -0.1) is 0 Å². The first-order chi connectivity index (χ1) is 16.7. The van der Waals surface area contributed by atoms with Crippen molar-refractivity contribution in [3.63, 3.8) is 0 Å². The lowest BCUT2D eigenvalue weighted by Gasteiger charge is -2.31. The van der Waals surface area contributed by atoms with E-state index in [4.69, 9.17) is 21.1 Å². The van der Waals surface area contributed by atoms with Gasteiger partial charge in [-0.25, -0.2) is 0 Å². The Labute approximate surface area is 220 Å². The highest BCUT2D eigenvalue weighted by molar-refractivity contribution is 9.10. The van der Waals surface area contributed by atoms with Crippen LogP contribution in [0.15, 0.2) is 51.5 Å². The first kappa shape index (κ1) is 26.6. The lowest BCUT2D eigenvalue weighted by molar-refractivity contribution is -0.150. The second-order valence-electron chi connectivity index (χ2n) is 7.52. The van der Waals surface area contributed by atoms with Crippen molar-refractivity contribution in [1.29, 1.82) is 5.26 Å². The van der Waals surface area contributed by atoms with Crippen LogP contribution in [0.4, 0.5) is 5.69 Å². The van der Waals surface area contributed by atoms with Crippen molar-refractivity contribution in [1.82, 2.24) is 5.32 Å². The molecule has 1 aliphatic heterocycles. The van der Waals surface area contributed by atoms with E-state index in [-0.39, 0.29) is 22.3 Å². The molecule has 0 saturated carbocycles. The van der Waals surface area contributed by atoms with Crippen LogP contribution in [0.1, 0.15) is 17.0 Å². The highest BCUT2D eigenvalue weighted by atomic mass is 79.9. The molecule has 11 heteroatoms. The number of halogens is 2. The van der Waals surface area contributed by atoms with Gasteiger partial charge in [0.05, 0.1) is 41.1 Å². The largest absolute Gasteiger partial charge is 0.496 e. The fraction of sp³-hybridized carbons (Fsp3) is 0.250. The van der Waals surface area contributed by atoms with E-state index >= 15 is 0 Å². The number of amides is 2. The van der Waals surface area contributed by atoms with Crippen molar-refractivity contribution in [2.45, 2.75) is 12.8 Å². The van der Waals surface area contributed by atoms with Gasteiger partial charge >= 0.3 is 5.97 Å². The number of benzene rings is 2. The number of allylic oxidation sites excluding steroid dienone is 1. The van der Waals surface area contributed by atoms with Crippen LogP contribution < -0.4 is 15.4 Å². The Kier molecular flexibility index (Phi) is 8.83. The molecule has 182 valence electrons. The predicted octanol–water partition coefficient (Wildman–Crippen LogP) is 4.53. The minimum atomic E-state index is -1.28. The molecule has 0 aliphatic carbocycles. The topological polar surface area (TPSA) is 118 Å².